The Morgan fingerprint density at radius 3 is 3.13 bits per heavy atom. The molecular formula is C10H12ClN3S. The summed E-state index contributed by atoms with van der Waals surface area (Å²) in [5.41, 5.74) is 0. The van der Waals surface area contributed by atoms with Crippen LogP contribution in [0.3, 0.4) is 0 Å². The molecule has 0 spiro atoms. The molecule has 2 aromatic heterocycles. The smallest absolute Gasteiger partial charge is 0.122 e. The number of nitrogens with zero attached hydrogens (tertiary/aromatic N) is 1. The van der Waals surface area contributed by atoms with Gasteiger partial charge in [0.2, 0.25) is 0 Å². The Morgan fingerprint density at radius 2 is 2.53 bits per heavy atom. The third-order valence-corrected chi connectivity index (χ3v) is 3.42. The van der Waals surface area contributed by atoms with Crippen molar-refractivity contribution in [3.05, 3.63) is 39.6 Å². The monoisotopic (exact) mass is 241 g/mol. The summed E-state index contributed by atoms with van der Waals surface area (Å²) < 4.78 is 0. The molecule has 1 unspecified atom stereocenters. The summed E-state index contributed by atoms with van der Waals surface area (Å²) in [6.45, 7) is 2.90. The van der Waals surface area contributed by atoms with Gasteiger partial charge in [-0.05, 0) is 13.0 Å². The molecule has 0 aliphatic carbocycles. The van der Waals surface area contributed by atoms with Crippen molar-refractivity contribution in [2.45, 2.75) is 19.5 Å². The molecule has 3 nitrogen and oxygen atoms in total. The minimum atomic E-state index is 0.223. The highest BCUT2D eigenvalue weighted by Crippen LogP contribution is 2.19. The molecule has 80 valence electrons. The van der Waals surface area contributed by atoms with Gasteiger partial charge in [-0.2, -0.15) is 0 Å². The van der Waals surface area contributed by atoms with Gasteiger partial charge in [-0.25, -0.2) is 4.98 Å². The Kier molecular flexibility index (Phi) is 3.41. The first-order valence-corrected chi connectivity index (χ1v) is 5.97. The quantitative estimate of drug-likeness (QED) is 0.864. The molecule has 0 radical (unpaired) electrons. The summed E-state index contributed by atoms with van der Waals surface area (Å²) in [5, 5.41) is 6.12. The lowest BCUT2D eigenvalue weighted by molar-refractivity contribution is 0.554. The lowest BCUT2D eigenvalue weighted by atomic mass is 10.3. The van der Waals surface area contributed by atoms with E-state index in [0.29, 0.717) is 0 Å². The number of aromatic nitrogens is 2. The largest absolute Gasteiger partial charge is 0.347 e. The Bertz CT molecular complexity index is 410. The van der Waals surface area contributed by atoms with Crippen LogP contribution in [0.15, 0.2) is 23.8 Å². The van der Waals surface area contributed by atoms with Crippen LogP contribution in [-0.4, -0.2) is 9.97 Å². The number of hydrogen-bond donors (Lipinski definition) is 2. The predicted octanol–water partition coefficient (Wildman–Crippen LogP) is 2.98. The first kappa shape index (κ1) is 10.7. The summed E-state index contributed by atoms with van der Waals surface area (Å²) >= 11 is 7.50. The van der Waals surface area contributed by atoms with Crippen molar-refractivity contribution in [3.8, 4) is 0 Å². The van der Waals surface area contributed by atoms with Gasteiger partial charge in [0, 0.05) is 29.2 Å². The predicted molar refractivity (Wildman–Crippen MR) is 63.2 cm³/mol. The van der Waals surface area contributed by atoms with E-state index in [1.807, 2.05) is 17.6 Å². The summed E-state index contributed by atoms with van der Waals surface area (Å²) in [6, 6.07) is 2.20. The van der Waals surface area contributed by atoms with Crippen LogP contribution in [0.25, 0.3) is 0 Å². The van der Waals surface area contributed by atoms with E-state index in [9.17, 15) is 0 Å². The standard InChI is InChI=1S/C10H12ClN3S/c1-7(10-12-2-3-13-10)14-5-9-4-8(11)6-15-9/h2-4,6-7,14H,5H2,1H3,(H,12,13). The molecular weight excluding hydrogens is 230 g/mol. The van der Waals surface area contributed by atoms with Crippen molar-refractivity contribution >= 4 is 22.9 Å². The Balaban J connectivity index is 1.88. The topological polar surface area (TPSA) is 40.7 Å². The summed E-state index contributed by atoms with van der Waals surface area (Å²) in [7, 11) is 0. The van der Waals surface area contributed by atoms with E-state index in [0.717, 1.165) is 17.4 Å². The van der Waals surface area contributed by atoms with Crippen LogP contribution in [0.4, 0.5) is 0 Å². The van der Waals surface area contributed by atoms with Gasteiger partial charge in [0.05, 0.1) is 11.1 Å². The van der Waals surface area contributed by atoms with Crippen LogP contribution < -0.4 is 5.32 Å². The molecule has 15 heavy (non-hydrogen) atoms. The maximum atomic E-state index is 5.84. The Morgan fingerprint density at radius 1 is 1.67 bits per heavy atom. The van der Waals surface area contributed by atoms with Gasteiger partial charge in [0.25, 0.3) is 0 Å². The van der Waals surface area contributed by atoms with Crippen molar-refractivity contribution < 1.29 is 0 Å². The zero-order valence-corrected chi connectivity index (χ0v) is 9.90. The molecule has 0 amide bonds. The number of thiophene rings is 1. The van der Waals surface area contributed by atoms with Gasteiger partial charge in [-0.1, -0.05) is 11.6 Å². The van der Waals surface area contributed by atoms with Crippen LogP contribution in [-0.2, 0) is 6.54 Å². The Hall–Kier alpha value is -0.840. The van der Waals surface area contributed by atoms with Crippen molar-refractivity contribution in [2.75, 3.05) is 0 Å². The summed E-state index contributed by atoms with van der Waals surface area (Å²) in [6.07, 6.45) is 3.59. The lowest BCUT2D eigenvalue weighted by Gasteiger charge is -2.09. The fourth-order valence-corrected chi connectivity index (χ4v) is 2.33. The van der Waals surface area contributed by atoms with E-state index in [1.54, 1.807) is 17.5 Å². The van der Waals surface area contributed by atoms with E-state index in [2.05, 4.69) is 22.2 Å². The minimum absolute atomic E-state index is 0.223. The zero-order valence-electron chi connectivity index (χ0n) is 8.33. The molecule has 0 bridgehead atoms. The van der Waals surface area contributed by atoms with Crippen molar-refractivity contribution in [1.82, 2.24) is 15.3 Å². The Labute approximate surface area is 97.5 Å². The highest BCUT2D eigenvalue weighted by molar-refractivity contribution is 7.10. The normalized spacial score (nSPS) is 12.9. The van der Waals surface area contributed by atoms with E-state index in [4.69, 9.17) is 11.6 Å². The molecule has 0 saturated carbocycles. The number of rotatable bonds is 4. The first-order chi connectivity index (χ1) is 7.25. The second-order valence-corrected chi connectivity index (χ2v) is 4.74. The van der Waals surface area contributed by atoms with Crippen molar-refractivity contribution in [1.29, 1.82) is 0 Å². The molecule has 2 rings (SSSR count). The second kappa shape index (κ2) is 4.79. The molecule has 0 aromatic carbocycles. The van der Waals surface area contributed by atoms with Gasteiger partial charge < -0.3 is 10.3 Å². The van der Waals surface area contributed by atoms with Crippen molar-refractivity contribution in [2.24, 2.45) is 0 Å². The molecule has 2 N–H and O–H groups in total. The molecule has 1 atom stereocenters. The van der Waals surface area contributed by atoms with Crippen LogP contribution in [0.1, 0.15) is 23.7 Å². The van der Waals surface area contributed by atoms with E-state index >= 15 is 0 Å². The first-order valence-electron chi connectivity index (χ1n) is 4.71. The molecule has 0 aliphatic rings. The molecule has 2 aromatic rings. The van der Waals surface area contributed by atoms with E-state index in [-0.39, 0.29) is 6.04 Å². The third-order valence-electron chi connectivity index (χ3n) is 2.13. The second-order valence-electron chi connectivity index (χ2n) is 3.31. The fraction of sp³-hybridized carbons (Fsp3) is 0.300. The summed E-state index contributed by atoms with van der Waals surface area (Å²) in [5.74, 6) is 0.956. The maximum absolute atomic E-state index is 5.84. The molecule has 0 fully saturated rings. The average molecular weight is 242 g/mol. The number of aromatic amines is 1. The number of hydrogen-bond acceptors (Lipinski definition) is 3. The minimum Gasteiger partial charge on any atom is -0.347 e. The van der Waals surface area contributed by atoms with Crippen LogP contribution in [0.5, 0.6) is 0 Å². The van der Waals surface area contributed by atoms with Gasteiger partial charge in [0.1, 0.15) is 5.82 Å². The third kappa shape index (κ3) is 2.81. The molecule has 5 heteroatoms. The highest BCUT2D eigenvalue weighted by atomic mass is 35.5. The number of nitrogens with one attached hydrogen (secondary N) is 2. The molecule has 0 aliphatic heterocycles. The maximum Gasteiger partial charge on any atom is 0.122 e. The SMILES string of the molecule is CC(NCc1cc(Cl)cs1)c1ncc[nH]1. The number of halogens is 1. The van der Waals surface area contributed by atoms with Gasteiger partial charge >= 0.3 is 0 Å². The summed E-state index contributed by atoms with van der Waals surface area (Å²) in [4.78, 5) is 8.51. The molecule has 0 saturated heterocycles. The van der Waals surface area contributed by atoms with Crippen LogP contribution >= 0.6 is 22.9 Å². The number of imidazole rings is 1. The molecule has 2 heterocycles. The number of H-pyrrole nitrogens is 1. The van der Waals surface area contributed by atoms with E-state index in [1.165, 1.54) is 4.88 Å². The van der Waals surface area contributed by atoms with Gasteiger partial charge in [0.15, 0.2) is 0 Å². The van der Waals surface area contributed by atoms with Crippen molar-refractivity contribution in [3.63, 3.8) is 0 Å². The van der Waals surface area contributed by atoms with Crippen LogP contribution in [0.2, 0.25) is 5.02 Å². The van der Waals surface area contributed by atoms with E-state index < -0.39 is 0 Å². The van der Waals surface area contributed by atoms with Gasteiger partial charge in [-0.3, -0.25) is 0 Å². The van der Waals surface area contributed by atoms with Crippen LogP contribution in [0, 0.1) is 0 Å². The average Bonchev–Trinajstić information content (AvgIpc) is 2.84. The zero-order chi connectivity index (χ0) is 10.7. The lowest BCUT2D eigenvalue weighted by Crippen LogP contribution is -2.18. The highest BCUT2D eigenvalue weighted by Gasteiger charge is 2.07. The fourth-order valence-electron chi connectivity index (χ4n) is 1.31. The van der Waals surface area contributed by atoms with Gasteiger partial charge in [-0.15, -0.1) is 11.3 Å².